The Hall–Kier alpha value is -4.13. The fourth-order valence-corrected chi connectivity index (χ4v) is 4.25. The van der Waals surface area contributed by atoms with Crippen molar-refractivity contribution in [3.8, 4) is 16.8 Å². The van der Waals surface area contributed by atoms with Crippen LogP contribution in [-0.2, 0) is 11.3 Å². The van der Waals surface area contributed by atoms with Crippen LogP contribution in [0, 0.1) is 13.8 Å². The fourth-order valence-electron chi connectivity index (χ4n) is 4.25. The van der Waals surface area contributed by atoms with E-state index in [2.05, 4.69) is 4.98 Å². The van der Waals surface area contributed by atoms with E-state index < -0.39 is 5.97 Å². The summed E-state index contributed by atoms with van der Waals surface area (Å²) in [5, 5.41) is 9.31. The van der Waals surface area contributed by atoms with Crippen molar-refractivity contribution < 1.29 is 9.90 Å². The maximum absolute atomic E-state index is 13.3. The summed E-state index contributed by atoms with van der Waals surface area (Å²) in [4.78, 5) is 28.9. The van der Waals surface area contributed by atoms with Gasteiger partial charge in [0.05, 0.1) is 34.8 Å². The van der Waals surface area contributed by atoms with E-state index in [-0.39, 0.29) is 12.2 Å². The number of carboxylic acids is 1. The first-order chi connectivity index (χ1) is 15.0. The second-order valence-electron chi connectivity index (χ2n) is 7.65. The van der Waals surface area contributed by atoms with Gasteiger partial charge < -0.3 is 9.51 Å². The van der Waals surface area contributed by atoms with Crippen LogP contribution in [0.1, 0.15) is 11.1 Å². The van der Waals surface area contributed by atoms with E-state index in [1.807, 2.05) is 73.1 Å². The van der Waals surface area contributed by atoms with Crippen molar-refractivity contribution in [2.45, 2.75) is 20.4 Å². The van der Waals surface area contributed by atoms with Crippen molar-refractivity contribution in [1.29, 1.82) is 0 Å². The summed E-state index contributed by atoms with van der Waals surface area (Å²) in [6, 6.07) is 15.5. The maximum Gasteiger partial charge on any atom is 0.334 e. The van der Waals surface area contributed by atoms with Gasteiger partial charge >= 0.3 is 11.7 Å². The summed E-state index contributed by atoms with van der Waals surface area (Å²) in [7, 11) is 0. The van der Waals surface area contributed by atoms with Crippen LogP contribution in [0.25, 0.3) is 33.4 Å². The zero-order chi connectivity index (χ0) is 21.7. The third-order valence-electron chi connectivity index (χ3n) is 5.65. The number of fused-ring (bicyclic) bond motifs is 2. The number of nitrogens with zero attached hydrogens (tertiary/aromatic N) is 4. The average molecular weight is 412 g/mol. The van der Waals surface area contributed by atoms with Crippen LogP contribution in [0.15, 0.2) is 72.0 Å². The third-order valence-corrected chi connectivity index (χ3v) is 5.65. The van der Waals surface area contributed by atoms with Crippen LogP contribution in [0.5, 0.6) is 0 Å². The van der Waals surface area contributed by atoms with Crippen molar-refractivity contribution >= 4 is 22.5 Å². The number of imidazole rings is 2. The lowest BCUT2D eigenvalue weighted by Crippen LogP contribution is -2.26. The molecule has 7 heteroatoms. The number of hydrogen-bond donors (Lipinski definition) is 1. The van der Waals surface area contributed by atoms with Crippen LogP contribution in [0.3, 0.4) is 0 Å². The van der Waals surface area contributed by atoms with Crippen molar-refractivity contribution in [1.82, 2.24) is 18.5 Å². The minimum atomic E-state index is -1.05. The molecule has 1 N–H and O–H groups in total. The van der Waals surface area contributed by atoms with Crippen LogP contribution in [0.2, 0.25) is 0 Å². The molecule has 0 spiro atoms. The van der Waals surface area contributed by atoms with Crippen LogP contribution < -0.4 is 5.69 Å². The van der Waals surface area contributed by atoms with Crippen molar-refractivity contribution in [2.24, 2.45) is 0 Å². The molecule has 3 aromatic heterocycles. The second-order valence-corrected chi connectivity index (χ2v) is 7.65. The molecule has 0 atom stereocenters. The minimum absolute atomic E-state index is 0.361. The average Bonchev–Trinajstić information content (AvgIpc) is 3.32. The summed E-state index contributed by atoms with van der Waals surface area (Å²) in [6.45, 7) is 3.50. The molecule has 0 unspecified atom stereocenters. The Labute approximate surface area is 177 Å². The van der Waals surface area contributed by atoms with Gasteiger partial charge in [0.25, 0.3) is 0 Å². The summed E-state index contributed by atoms with van der Waals surface area (Å²) < 4.78 is 4.89. The third kappa shape index (κ3) is 2.93. The van der Waals surface area contributed by atoms with Gasteiger partial charge in [0.2, 0.25) is 0 Å². The molecule has 0 aliphatic rings. The van der Waals surface area contributed by atoms with Crippen LogP contribution in [-0.4, -0.2) is 29.6 Å². The predicted molar refractivity (Wildman–Crippen MR) is 119 cm³/mol. The normalized spacial score (nSPS) is 11.4. The Morgan fingerprint density at radius 3 is 2.65 bits per heavy atom. The van der Waals surface area contributed by atoms with Gasteiger partial charge in [-0.2, -0.15) is 0 Å². The van der Waals surface area contributed by atoms with Gasteiger partial charge in [-0.1, -0.05) is 24.3 Å². The molecule has 0 radical (unpaired) electrons. The molecule has 0 saturated heterocycles. The Kier molecular flexibility index (Phi) is 4.25. The first-order valence-electron chi connectivity index (χ1n) is 9.90. The highest BCUT2D eigenvalue weighted by Gasteiger charge is 2.19. The Balaban J connectivity index is 1.73. The highest BCUT2D eigenvalue weighted by atomic mass is 16.4. The first-order valence-corrected chi connectivity index (χ1v) is 9.90. The molecule has 0 saturated carbocycles. The highest BCUT2D eigenvalue weighted by Crippen LogP contribution is 2.29. The van der Waals surface area contributed by atoms with E-state index in [1.165, 1.54) is 4.57 Å². The molecule has 0 aliphatic heterocycles. The molecule has 0 fully saturated rings. The summed E-state index contributed by atoms with van der Waals surface area (Å²) in [5.41, 5.74) is 6.60. The SMILES string of the molecule is Cc1cc(-c2cccn3cncc23)ccc1-n1c(=O)n(CC(=O)O)c2cccc(C)c21. The standard InChI is InChI=1S/C24H20N4O3/c1-15-5-3-7-20-23(15)28(24(31)27(20)13-22(29)30)19-9-8-17(11-16(19)2)18-6-4-10-26-14-25-12-21(18)26/h3-12,14H,13H2,1-2H3,(H,29,30). The largest absolute Gasteiger partial charge is 0.480 e. The predicted octanol–water partition coefficient (Wildman–Crippen LogP) is 3.81. The molecule has 5 aromatic rings. The quantitative estimate of drug-likeness (QED) is 0.487. The maximum atomic E-state index is 13.3. The monoisotopic (exact) mass is 412 g/mol. The van der Waals surface area contributed by atoms with E-state index in [9.17, 15) is 14.7 Å². The Morgan fingerprint density at radius 1 is 1.03 bits per heavy atom. The van der Waals surface area contributed by atoms with Gasteiger partial charge in [0.1, 0.15) is 6.54 Å². The fraction of sp³-hybridized carbons (Fsp3) is 0.125. The summed E-state index contributed by atoms with van der Waals surface area (Å²) >= 11 is 0. The number of carboxylic acid groups (broad SMARTS) is 1. The number of pyridine rings is 1. The number of carbonyl (C=O) groups is 1. The lowest BCUT2D eigenvalue weighted by Gasteiger charge is -2.12. The Bertz CT molecular complexity index is 1540. The molecule has 0 amide bonds. The lowest BCUT2D eigenvalue weighted by molar-refractivity contribution is -0.137. The van der Waals surface area contributed by atoms with Crippen LogP contribution >= 0.6 is 0 Å². The topological polar surface area (TPSA) is 81.5 Å². The smallest absolute Gasteiger partial charge is 0.334 e. The molecule has 154 valence electrons. The molecule has 0 aliphatic carbocycles. The van der Waals surface area contributed by atoms with Crippen LogP contribution in [0.4, 0.5) is 0 Å². The van der Waals surface area contributed by atoms with Gasteiger partial charge in [-0.25, -0.2) is 9.78 Å². The number of aromatic nitrogens is 4. The van der Waals surface area contributed by atoms with Gasteiger partial charge in [0, 0.05) is 11.8 Å². The van der Waals surface area contributed by atoms with E-state index >= 15 is 0 Å². The van der Waals surface area contributed by atoms with Crippen molar-refractivity contribution in [3.63, 3.8) is 0 Å². The zero-order valence-electron chi connectivity index (χ0n) is 17.1. The highest BCUT2D eigenvalue weighted by molar-refractivity contribution is 5.84. The summed E-state index contributed by atoms with van der Waals surface area (Å²) in [5.74, 6) is -1.05. The molecule has 31 heavy (non-hydrogen) atoms. The molecular formula is C24H20N4O3. The molecule has 2 aromatic carbocycles. The number of benzene rings is 2. The molecular weight excluding hydrogens is 392 g/mol. The molecule has 7 nitrogen and oxygen atoms in total. The van der Waals surface area contributed by atoms with E-state index in [4.69, 9.17) is 0 Å². The van der Waals surface area contributed by atoms with Gasteiger partial charge in [-0.05, 0) is 54.8 Å². The first kappa shape index (κ1) is 18.9. The number of hydrogen-bond acceptors (Lipinski definition) is 3. The van der Waals surface area contributed by atoms with Gasteiger partial charge in [0.15, 0.2) is 0 Å². The molecule has 5 rings (SSSR count). The lowest BCUT2D eigenvalue weighted by atomic mass is 10.0. The van der Waals surface area contributed by atoms with Gasteiger partial charge in [-0.3, -0.25) is 13.9 Å². The Morgan fingerprint density at radius 2 is 1.87 bits per heavy atom. The second kappa shape index (κ2) is 6.98. The van der Waals surface area contributed by atoms with E-state index in [1.54, 1.807) is 17.0 Å². The minimum Gasteiger partial charge on any atom is -0.480 e. The zero-order valence-corrected chi connectivity index (χ0v) is 17.1. The van der Waals surface area contributed by atoms with E-state index in [0.717, 1.165) is 39.0 Å². The number of aryl methyl sites for hydroxylation is 2. The number of para-hydroxylation sites is 1. The summed E-state index contributed by atoms with van der Waals surface area (Å²) in [6.07, 6.45) is 5.54. The van der Waals surface area contributed by atoms with Crippen molar-refractivity contribution in [3.05, 3.63) is 88.9 Å². The van der Waals surface area contributed by atoms with Gasteiger partial charge in [-0.15, -0.1) is 0 Å². The van der Waals surface area contributed by atoms with Crippen molar-refractivity contribution in [2.75, 3.05) is 0 Å². The molecule has 3 heterocycles. The molecule has 0 bridgehead atoms. The van der Waals surface area contributed by atoms with E-state index in [0.29, 0.717) is 5.52 Å². The number of rotatable bonds is 4. The number of aliphatic carboxylic acids is 1.